The monoisotopic (exact) mass is 201 g/mol. The highest BCUT2D eigenvalue weighted by molar-refractivity contribution is 5.76. The maximum Gasteiger partial charge on any atom is 0.222 e. The van der Waals surface area contributed by atoms with Crippen LogP contribution in [0.5, 0.6) is 0 Å². The van der Waals surface area contributed by atoms with Gasteiger partial charge < -0.3 is 10.4 Å². The normalized spacial score (nSPS) is 14.2. The van der Waals surface area contributed by atoms with Gasteiger partial charge in [-0.1, -0.05) is 34.6 Å². The Labute approximate surface area is 86.9 Å². The van der Waals surface area contributed by atoms with Crippen LogP contribution in [-0.4, -0.2) is 23.7 Å². The van der Waals surface area contributed by atoms with E-state index in [1.807, 2.05) is 34.6 Å². The van der Waals surface area contributed by atoms with Gasteiger partial charge >= 0.3 is 0 Å². The fraction of sp³-hybridized carbons (Fsp3) is 0.909. The summed E-state index contributed by atoms with van der Waals surface area (Å²) < 4.78 is 0. The van der Waals surface area contributed by atoms with E-state index in [1.54, 1.807) is 0 Å². The lowest BCUT2D eigenvalue weighted by Crippen LogP contribution is -2.35. The van der Waals surface area contributed by atoms with E-state index in [-0.39, 0.29) is 17.7 Å². The van der Waals surface area contributed by atoms with Crippen molar-refractivity contribution in [2.24, 2.45) is 11.3 Å². The standard InChI is InChI=1S/C11H23NO2/c1-8(2)7-12-10(14)6-9(13)11(3,4)5/h8-9,13H,6-7H2,1-5H3,(H,12,14). The Hall–Kier alpha value is -0.570. The van der Waals surface area contributed by atoms with Crippen LogP contribution in [0.4, 0.5) is 0 Å². The van der Waals surface area contributed by atoms with Gasteiger partial charge in [-0.2, -0.15) is 0 Å². The average Bonchev–Trinajstić information content (AvgIpc) is 1.99. The molecule has 0 aromatic carbocycles. The van der Waals surface area contributed by atoms with Crippen molar-refractivity contribution < 1.29 is 9.90 Å². The summed E-state index contributed by atoms with van der Waals surface area (Å²) in [4.78, 5) is 11.3. The van der Waals surface area contributed by atoms with Gasteiger partial charge in [0.05, 0.1) is 12.5 Å². The third-order valence-corrected chi connectivity index (χ3v) is 2.09. The summed E-state index contributed by atoms with van der Waals surface area (Å²) in [7, 11) is 0. The molecule has 0 radical (unpaired) electrons. The molecule has 0 aliphatic carbocycles. The third kappa shape index (κ3) is 5.97. The molecule has 2 N–H and O–H groups in total. The second kappa shape index (κ2) is 5.35. The zero-order chi connectivity index (χ0) is 11.4. The summed E-state index contributed by atoms with van der Waals surface area (Å²) in [5.74, 6) is 0.381. The molecule has 0 saturated heterocycles. The zero-order valence-corrected chi connectivity index (χ0v) is 9.92. The van der Waals surface area contributed by atoms with E-state index in [0.717, 1.165) is 0 Å². The van der Waals surface area contributed by atoms with E-state index in [4.69, 9.17) is 0 Å². The molecule has 3 heteroatoms. The highest BCUT2D eigenvalue weighted by Crippen LogP contribution is 2.21. The van der Waals surface area contributed by atoms with Crippen molar-refractivity contribution in [3.63, 3.8) is 0 Å². The lowest BCUT2D eigenvalue weighted by Gasteiger charge is -2.25. The smallest absolute Gasteiger partial charge is 0.222 e. The van der Waals surface area contributed by atoms with E-state index in [2.05, 4.69) is 5.32 Å². The van der Waals surface area contributed by atoms with Gasteiger partial charge in [-0.15, -0.1) is 0 Å². The largest absolute Gasteiger partial charge is 0.392 e. The van der Waals surface area contributed by atoms with Gasteiger partial charge in [0.25, 0.3) is 0 Å². The first-order chi connectivity index (χ1) is 6.23. The third-order valence-electron chi connectivity index (χ3n) is 2.09. The second-order valence-electron chi connectivity index (χ2n) is 5.28. The minimum Gasteiger partial charge on any atom is -0.392 e. The van der Waals surface area contributed by atoms with E-state index < -0.39 is 6.10 Å². The Morgan fingerprint density at radius 1 is 1.36 bits per heavy atom. The minimum absolute atomic E-state index is 0.0684. The Morgan fingerprint density at radius 2 is 1.86 bits per heavy atom. The molecule has 0 aliphatic heterocycles. The molecule has 3 nitrogen and oxygen atoms in total. The molecule has 1 amide bonds. The molecule has 14 heavy (non-hydrogen) atoms. The van der Waals surface area contributed by atoms with E-state index in [1.165, 1.54) is 0 Å². The van der Waals surface area contributed by atoms with Gasteiger partial charge in [0.15, 0.2) is 0 Å². The quantitative estimate of drug-likeness (QED) is 0.725. The molecule has 1 atom stereocenters. The van der Waals surface area contributed by atoms with E-state index >= 15 is 0 Å². The number of aliphatic hydroxyl groups excluding tert-OH is 1. The van der Waals surface area contributed by atoms with Crippen molar-refractivity contribution in [1.82, 2.24) is 5.32 Å². The van der Waals surface area contributed by atoms with Crippen molar-refractivity contribution in [2.45, 2.75) is 47.1 Å². The van der Waals surface area contributed by atoms with Crippen LogP contribution < -0.4 is 5.32 Å². The summed E-state index contributed by atoms with van der Waals surface area (Å²) in [6.45, 7) is 10.5. The number of carbonyl (C=O) groups is 1. The molecule has 0 saturated carbocycles. The molecule has 0 spiro atoms. The van der Waals surface area contributed by atoms with Crippen molar-refractivity contribution >= 4 is 5.91 Å². The van der Waals surface area contributed by atoms with Gasteiger partial charge in [0.1, 0.15) is 0 Å². The Kier molecular flexibility index (Phi) is 5.13. The van der Waals surface area contributed by atoms with Crippen LogP contribution in [0.1, 0.15) is 41.0 Å². The molecule has 0 aliphatic rings. The van der Waals surface area contributed by atoms with E-state index in [0.29, 0.717) is 12.5 Å². The predicted octanol–water partition coefficient (Wildman–Crippen LogP) is 1.56. The molecule has 84 valence electrons. The summed E-state index contributed by atoms with van der Waals surface area (Å²) in [5, 5.41) is 12.4. The molecule has 0 aromatic heterocycles. The summed E-state index contributed by atoms with van der Waals surface area (Å²) in [5.41, 5.74) is -0.227. The molecular weight excluding hydrogens is 178 g/mol. The number of rotatable bonds is 4. The van der Waals surface area contributed by atoms with Crippen molar-refractivity contribution in [3.05, 3.63) is 0 Å². The van der Waals surface area contributed by atoms with Crippen LogP contribution in [0.15, 0.2) is 0 Å². The fourth-order valence-electron chi connectivity index (χ4n) is 0.872. The first kappa shape index (κ1) is 13.4. The molecule has 1 unspecified atom stereocenters. The predicted molar refractivity (Wildman–Crippen MR) is 57.9 cm³/mol. The molecule has 0 aromatic rings. The maximum atomic E-state index is 11.3. The Bertz CT molecular complexity index is 182. The Morgan fingerprint density at radius 3 is 2.21 bits per heavy atom. The number of aliphatic hydroxyl groups is 1. The SMILES string of the molecule is CC(C)CNC(=O)CC(O)C(C)(C)C. The molecule has 0 heterocycles. The summed E-state index contributed by atoms with van der Waals surface area (Å²) >= 11 is 0. The fourth-order valence-corrected chi connectivity index (χ4v) is 0.872. The topological polar surface area (TPSA) is 49.3 Å². The van der Waals surface area contributed by atoms with Gasteiger partial charge in [0.2, 0.25) is 5.91 Å². The van der Waals surface area contributed by atoms with Gasteiger partial charge in [0, 0.05) is 6.54 Å². The number of carbonyl (C=O) groups excluding carboxylic acids is 1. The van der Waals surface area contributed by atoms with E-state index in [9.17, 15) is 9.90 Å². The first-order valence-corrected chi connectivity index (χ1v) is 5.18. The van der Waals surface area contributed by atoms with Crippen molar-refractivity contribution in [2.75, 3.05) is 6.54 Å². The second-order valence-corrected chi connectivity index (χ2v) is 5.28. The molecular formula is C11H23NO2. The van der Waals surface area contributed by atoms with Crippen LogP contribution in [0, 0.1) is 11.3 Å². The van der Waals surface area contributed by atoms with Crippen molar-refractivity contribution in [3.8, 4) is 0 Å². The zero-order valence-electron chi connectivity index (χ0n) is 9.92. The number of hydrogen-bond acceptors (Lipinski definition) is 2. The minimum atomic E-state index is -0.574. The lowest BCUT2D eigenvalue weighted by atomic mass is 9.87. The number of nitrogens with one attached hydrogen (secondary N) is 1. The van der Waals surface area contributed by atoms with Crippen LogP contribution in [0.25, 0.3) is 0 Å². The van der Waals surface area contributed by atoms with Gasteiger partial charge in [-0.05, 0) is 11.3 Å². The number of amides is 1. The van der Waals surface area contributed by atoms with Crippen LogP contribution in [-0.2, 0) is 4.79 Å². The Balaban J connectivity index is 3.84. The molecule has 0 bridgehead atoms. The van der Waals surface area contributed by atoms with Crippen LogP contribution in [0.2, 0.25) is 0 Å². The summed E-state index contributed by atoms with van der Waals surface area (Å²) in [6, 6.07) is 0. The van der Waals surface area contributed by atoms with Crippen molar-refractivity contribution in [1.29, 1.82) is 0 Å². The molecule has 0 rings (SSSR count). The lowest BCUT2D eigenvalue weighted by molar-refractivity contribution is -0.124. The maximum absolute atomic E-state index is 11.3. The van der Waals surface area contributed by atoms with Gasteiger partial charge in [-0.3, -0.25) is 4.79 Å². The molecule has 0 fully saturated rings. The highest BCUT2D eigenvalue weighted by atomic mass is 16.3. The van der Waals surface area contributed by atoms with Gasteiger partial charge in [-0.25, -0.2) is 0 Å². The van der Waals surface area contributed by atoms with Crippen LogP contribution >= 0.6 is 0 Å². The highest BCUT2D eigenvalue weighted by Gasteiger charge is 2.24. The average molecular weight is 201 g/mol. The summed E-state index contributed by atoms with van der Waals surface area (Å²) in [6.07, 6.45) is -0.384. The number of hydrogen-bond donors (Lipinski definition) is 2. The van der Waals surface area contributed by atoms with Crippen LogP contribution in [0.3, 0.4) is 0 Å². The first-order valence-electron chi connectivity index (χ1n) is 5.18.